The predicted octanol–water partition coefficient (Wildman–Crippen LogP) is 5.03. The molecule has 0 amide bonds. The first-order chi connectivity index (χ1) is 12.8. The third-order valence-corrected chi connectivity index (χ3v) is 8.73. The minimum Gasteiger partial charge on any atom is -0.501 e. The fraction of sp³-hybridized carbons (Fsp3) is 0.696. The number of halogens is 1. The third-order valence-electron chi connectivity index (χ3n) is 8.73. The van der Waals surface area contributed by atoms with Crippen LogP contribution in [0.15, 0.2) is 35.1 Å². The lowest BCUT2D eigenvalue weighted by Gasteiger charge is -2.53. The fourth-order valence-corrected chi connectivity index (χ4v) is 7.04. The van der Waals surface area contributed by atoms with Crippen LogP contribution in [0, 0.1) is 22.7 Å². The van der Waals surface area contributed by atoms with Gasteiger partial charge in [-0.15, -0.1) is 0 Å². The maximum absolute atomic E-state index is 14.1. The van der Waals surface area contributed by atoms with E-state index in [9.17, 15) is 9.18 Å². The van der Waals surface area contributed by atoms with Crippen LogP contribution in [0.4, 0.5) is 4.39 Å². The second kappa shape index (κ2) is 5.48. The highest BCUT2D eigenvalue weighted by Gasteiger charge is 2.67. The molecule has 0 N–H and O–H groups in total. The van der Waals surface area contributed by atoms with Crippen LogP contribution in [0.2, 0.25) is 0 Å². The lowest BCUT2D eigenvalue weighted by atomic mass is 9.52. The van der Waals surface area contributed by atoms with Crippen LogP contribution in [0.5, 0.6) is 0 Å². The number of allylic oxidation sites excluding steroid dienone is 6. The van der Waals surface area contributed by atoms with Gasteiger partial charge in [-0.3, -0.25) is 0 Å². The van der Waals surface area contributed by atoms with Crippen LogP contribution in [0.1, 0.15) is 58.8 Å². The van der Waals surface area contributed by atoms with Gasteiger partial charge in [0.25, 0.3) is 0 Å². The molecule has 3 nitrogen and oxygen atoms in total. The number of hydrogen-bond donors (Lipinski definition) is 0. The molecule has 4 heteroatoms. The van der Waals surface area contributed by atoms with E-state index >= 15 is 0 Å². The van der Waals surface area contributed by atoms with E-state index in [4.69, 9.17) is 9.47 Å². The van der Waals surface area contributed by atoms with Crippen molar-refractivity contribution >= 4 is 5.97 Å². The van der Waals surface area contributed by atoms with Crippen molar-refractivity contribution in [2.45, 2.75) is 70.6 Å². The summed E-state index contributed by atoms with van der Waals surface area (Å²) in [5.41, 5.74) is 2.28. The van der Waals surface area contributed by atoms with Crippen molar-refractivity contribution in [3.8, 4) is 0 Å². The van der Waals surface area contributed by atoms with E-state index in [-0.39, 0.29) is 17.3 Å². The van der Waals surface area contributed by atoms with Gasteiger partial charge in [-0.05, 0) is 55.6 Å². The van der Waals surface area contributed by atoms with Crippen molar-refractivity contribution in [2.75, 3.05) is 7.11 Å². The van der Waals surface area contributed by atoms with E-state index in [0.717, 1.165) is 44.3 Å². The molecule has 5 rings (SSSR count). The van der Waals surface area contributed by atoms with E-state index in [2.05, 4.69) is 32.1 Å². The van der Waals surface area contributed by atoms with Crippen molar-refractivity contribution in [2.24, 2.45) is 22.7 Å². The second-order valence-electron chi connectivity index (χ2n) is 9.66. The van der Waals surface area contributed by atoms with Crippen molar-refractivity contribution < 1.29 is 18.7 Å². The topological polar surface area (TPSA) is 35.5 Å². The minimum absolute atomic E-state index is 0.0804. The van der Waals surface area contributed by atoms with E-state index < -0.39 is 17.7 Å². The quantitative estimate of drug-likeness (QED) is 0.478. The molecule has 0 radical (unpaired) electrons. The molecule has 0 bridgehead atoms. The number of carbonyl (C=O) groups is 1. The van der Waals surface area contributed by atoms with Gasteiger partial charge < -0.3 is 9.47 Å². The molecule has 2 fully saturated rings. The summed E-state index contributed by atoms with van der Waals surface area (Å²) in [6, 6.07) is 0. The molecule has 0 aromatic carbocycles. The highest BCUT2D eigenvalue weighted by atomic mass is 19.1. The number of hydrogen-bond acceptors (Lipinski definition) is 3. The maximum atomic E-state index is 14.1. The number of ether oxygens (including phenoxy) is 2. The van der Waals surface area contributed by atoms with Gasteiger partial charge in [0.1, 0.15) is 5.60 Å². The van der Waals surface area contributed by atoms with Crippen LogP contribution in [-0.4, -0.2) is 24.9 Å². The Morgan fingerprint density at radius 1 is 1.26 bits per heavy atom. The number of fused-ring (bicyclic) bond motifs is 6. The van der Waals surface area contributed by atoms with Crippen molar-refractivity contribution in [3.63, 3.8) is 0 Å². The summed E-state index contributed by atoms with van der Waals surface area (Å²) >= 11 is 0. The average Bonchev–Trinajstić information content (AvgIpc) is 3.10. The number of carbonyl (C=O) groups excluding carboxylic acids is 1. The fourth-order valence-electron chi connectivity index (χ4n) is 7.04. The monoisotopic (exact) mass is 372 g/mol. The zero-order valence-electron chi connectivity index (χ0n) is 16.5. The Balaban J connectivity index is 1.53. The first-order valence-corrected chi connectivity index (χ1v) is 10.4. The van der Waals surface area contributed by atoms with Gasteiger partial charge in [-0.2, -0.15) is 0 Å². The molecule has 27 heavy (non-hydrogen) atoms. The van der Waals surface area contributed by atoms with Gasteiger partial charge in [0.2, 0.25) is 6.17 Å². The molecule has 1 saturated heterocycles. The Labute approximate surface area is 160 Å². The molecule has 3 unspecified atom stereocenters. The van der Waals surface area contributed by atoms with Crippen LogP contribution in [0.25, 0.3) is 0 Å². The van der Waals surface area contributed by atoms with E-state index in [1.54, 1.807) is 12.7 Å². The van der Waals surface area contributed by atoms with Crippen LogP contribution in [0.3, 0.4) is 0 Å². The molecule has 146 valence electrons. The highest BCUT2D eigenvalue weighted by Crippen LogP contribution is 2.67. The number of rotatable bonds is 1. The van der Waals surface area contributed by atoms with Gasteiger partial charge in [-0.1, -0.05) is 31.6 Å². The largest absolute Gasteiger partial charge is 0.501 e. The van der Waals surface area contributed by atoms with Crippen LogP contribution >= 0.6 is 0 Å². The normalized spacial score (nSPS) is 48.1. The molecule has 1 saturated carbocycles. The van der Waals surface area contributed by atoms with Gasteiger partial charge in [0, 0.05) is 23.7 Å². The van der Waals surface area contributed by atoms with Crippen molar-refractivity contribution in [3.05, 3.63) is 35.1 Å². The van der Waals surface area contributed by atoms with Gasteiger partial charge in [0.15, 0.2) is 0 Å². The Hall–Kier alpha value is -1.58. The first-order valence-electron chi connectivity index (χ1n) is 10.4. The summed E-state index contributed by atoms with van der Waals surface area (Å²) in [6.07, 6.45) is 11.6. The van der Waals surface area contributed by atoms with E-state index in [0.29, 0.717) is 11.8 Å². The minimum atomic E-state index is -1.45. The maximum Gasteiger partial charge on any atom is 0.341 e. The smallest absolute Gasteiger partial charge is 0.341 e. The molecule has 1 aliphatic heterocycles. The third kappa shape index (κ3) is 2.10. The standard InChI is InChI=1S/C23H29FO3/c1-21-9-6-15(26-3)12-14(21)4-5-16-17(21)7-10-22(2)18(16)8-11-23(22)13-19(24)20(25)27-23/h4,7,12,16,18-19H,5-6,8-11,13H2,1-3H3/t16?,18?,19?,21-,22-,23+/m0/s1. The Morgan fingerprint density at radius 3 is 2.78 bits per heavy atom. The number of methoxy groups -OCH3 is 1. The summed E-state index contributed by atoms with van der Waals surface area (Å²) in [7, 11) is 1.75. The van der Waals surface area contributed by atoms with Gasteiger partial charge in [-0.25, -0.2) is 9.18 Å². The zero-order chi connectivity index (χ0) is 19.0. The molecule has 4 aliphatic carbocycles. The molecule has 5 aliphatic rings. The van der Waals surface area contributed by atoms with E-state index in [1.165, 1.54) is 5.57 Å². The number of esters is 1. The average molecular weight is 372 g/mol. The molecule has 0 aromatic rings. The molecular formula is C23H29FO3. The van der Waals surface area contributed by atoms with Crippen molar-refractivity contribution in [1.82, 2.24) is 0 Å². The van der Waals surface area contributed by atoms with Gasteiger partial charge >= 0.3 is 5.97 Å². The Bertz CT molecular complexity index is 795. The lowest BCUT2D eigenvalue weighted by molar-refractivity contribution is -0.161. The Kier molecular flexibility index (Phi) is 3.56. The zero-order valence-corrected chi connectivity index (χ0v) is 16.5. The van der Waals surface area contributed by atoms with Crippen LogP contribution in [-0.2, 0) is 14.3 Å². The summed E-state index contributed by atoms with van der Waals surface area (Å²) in [4.78, 5) is 11.9. The molecule has 6 atom stereocenters. The highest BCUT2D eigenvalue weighted by molar-refractivity contribution is 5.77. The molecule has 1 heterocycles. The number of alkyl halides is 1. The van der Waals surface area contributed by atoms with Crippen molar-refractivity contribution in [1.29, 1.82) is 0 Å². The summed E-state index contributed by atoms with van der Waals surface area (Å²) in [5.74, 6) is 1.36. The van der Waals surface area contributed by atoms with Crippen LogP contribution < -0.4 is 0 Å². The SMILES string of the molecule is COC1=CC2=CCC3C(=CC[C@@]4(C)C3CC[C@@]43CC(F)C(=O)O3)[C@@]2(C)CC1. The molecule has 1 spiro atoms. The molecule has 0 aromatic heterocycles. The summed E-state index contributed by atoms with van der Waals surface area (Å²) < 4.78 is 25.4. The summed E-state index contributed by atoms with van der Waals surface area (Å²) in [5, 5.41) is 0. The van der Waals surface area contributed by atoms with E-state index in [1.807, 2.05) is 0 Å². The second-order valence-corrected chi connectivity index (χ2v) is 9.66. The molecular weight excluding hydrogens is 343 g/mol. The predicted molar refractivity (Wildman–Crippen MR) is 100 cm³/mol. The first kappa shape index (κ1) is 17.5. The Morgan fingerprint density at radius 2 is 2.07 bits per heavy atom. The van der Waals surface area contributed by atoms with Gasteiger partial charge in [0.05, 0.1) is 12.9 Å². The lowest BCUT2D eigenvalue weighted by Crippen LogP contribution is -2.50. The summed E-state index contributed by atoms with van der Waals surface area (Å²) in [6.45, 7) is 4.62.